The fraction of sp³-hybridized carbons (Fsp3) is 0.500. The molecule has 1 aromatic carbocycles. The minimum Gasteiger partial charge on any atom is -0.394 e. The van der Waals surface area contributed by atoms with Crippen LogP contribution in [0.15, 0.2) is 18.2 Å². The largest absolute Gasteiger partial charge is 0.394 e. The summed E-state index contributed by atoms with van der Waals surface area (Å²) in [4.78, 5) is 15.7. The second-order valence-corrected chi connectivity index (χ2v) is 5.09. The Morgan fingerprint density at radius 1 is 1.58 bits per heavy atom. The Labute approximate surface area is 113 Å². The maximum absolute atomic E-state index is 12.0. The lowest BCUT2D eigenvalue weighted by Crippen LogP contribution is -2.40. The van der Waals surface area contributed by atoms with E-state index < -0.39 is 0 Å². The predicted molar refractivity (Wildman–Crippen MR) is 76.7 cm³/mol. The molecule has 0 aromatic heterocycles. The number of amides is 2. The summed E-state index contributed by atoms with van der Waals surface area (Å²) in [6.07, 6.45) is 1.06. The zero-order chi connectivity index (χ0) is 14.0. The molecule has 1 atom stereocenters. The average molecular weight is 263 g/mol. The van der Waals surface area contributed by atoms with Gasteiger partial charge >= 0.3 is 6.03 Å². The zero-order valence-corrected chi connectivity index (χ0v) is 11.7. The number of nitrogens with one attached hydrogen (secondary N) is 1. The number of aliphatic hydroxyl groups is 1. The standard InChI is InChI=1S/C14H21N3O2/c1-10(9-18)17(3)14(19)15-12-5-4-11-6-7-16(2)13(11)8-12/h4-5,8,10,18H,6-7,9H2,1-3H3,(H,15,19). The van der Waals surface area contributed by atoms with E-state index >= 15 is 0 Å². The smallest absolute Gasteiger partial charge is 0.321 e. The summed E-state index contributed by atoms with van der Waals surface area (Å²) in [5.74, 6) is 0. The summed E-state index contributed by atoms with van der Waals surface area (Å²) in [6, 6.07) is 5.58. The number of likely N-dealkylation sites (N-methyl/N-ethyl adjacent to an activating group) is 2. The molecule has 2 rings (SSSR count). The van der Waals surface area contributed by atoms with Gasteiger partial charge in [-0.25, -0.2) is 4.79 Å². The fourth-order valence-electron chi connectivity index (χ4n) is 2.15. The molecule has 0 aliphatic carbocycles. The SMILES string of the molecule is CC(CO)N(C)C(=O)Nc1ccc2c(c1)N(C)CC2. The maximum Gasteiger partial charge on any atom is 0.321 e. The van der Waals surface area contributed by atoms with Crippen LogP contribution in [0.25, 0.3) is 0 Å². The van der Waals surface area contributed by atoms with E-state index in [4.69, 9.17) is 5.11 Å². The lowest BCUT2D eigenvalue weighted by atomic mass is 10.1. The van der Waals surface area contributed by atoms with Gasteiger partial charge in [0, 0.05) is 32.0 Å². The molecule has 0 saturated heterocycles. The van der Waals surface area contributed by atoms with Crippen LogP contribution in [0.5, 0.6) is 0 Å². The third kappa shape index (κ3) is 2.81. The van der Waals surface area contributed by atoms with Gasteiger partial charge in [0.1, 0.15) is 0 Å². The molecule has 0 fully saturated rings. The van der Waals surface area contributed by atoms with Gasteiger partial charge in [-0.2, -0.15) is 0 Å². The normalized spacial score (nSPS) is 15.1. The van der Waals surface area contributed by atoms with Crippen LogP contribution in [-0.4, -0.2) is 49.3 Å². The van der Waals surface area contributed by atoms with Gasteiger partial charge in [0.15, 0.2) is 0 Å². The van der Waals surface area contributed by atoms with Gasteiger partial charge in [0.25, 0.3) is 0 Å². The quantitative estimate of drug-likeness (QED) is 0.869. The first-order valence-corrected chi connectivity index (χ1v) is 6.51. The van der Waals surface area contributed by atoms with Crippen LogP contribution in [0.3, 0.4) is 0 Å². The molecule has 1 aliphatic heterocycles. The highest BCUT2D eigenvalue weighted by Crippen LogP contribution is 2.29. The molecule has 0 saturated carbocycles. The van der Waals surface area contributed by atoms with E-state index in [1.54, 1.807) is 14.0 Å². The Morgan fingerprint density at radius 2 is 2.32 bits per heavy atom. The van der Waals surface area contributed by atoms with Crippen LogP contribution in [-0.2, 0) is 6.42 Å². The van der Waals surface area contributed by atoms with Crippen molar-refractivity contribution in [1.82, 2.24) is 4.90 Å². The van der Waals surface area contributed by atoms with Crippen LogP contribution < -0.4 is 10.2 Å². The highest BCUT2D eigenvalue weighted by Gasteiger charge is 2.18. The van der Waals surface area contributed by atoms with Crippen molar-refractivity contribution >= 4 is 17.4 Å². The van der Waals surface area contributed by atoms with Crippen molar-refractivity contribution < 1.29 is 9.90 Å². The molecule has 5 heteroatoms. The van der Waals surface area contributed by atoms with Crippen molar-refractivity contribution in [3.8, 4) is 0 Å². The molecule has 0 spiro atoms. The van der Waals surface area contributed by atoms with Gasteiger partial charge in [-0.3, -0.25) is 0 Å². The van der Waals surface area contributed by atoms with E-state index in [2.05, 4.69) is 23.3 Å². The number of anilines is 2. The number of nitrogens with zero attached hydrogens (tertiary/aromatic N) is 2. The molecule has 1 aromatic rings. The summed E-state index contributed by atoms with van der Waals surface area (Å²) in [5, 5.41) is 11.9. The van der Waals surface area contributed by atoms with E-state index in [0.717, 1.165) is 18.7 Å². The van der Waals surface area contributed by atoms with E-state index in [-0.39, 0.29) is 18.7 Å². The highest BCUT2D eigenvalue weighted by molar-refractivity contribution is 5.90. The second-order valence-electron chi connectivity index (χ2n) is 5.09. The summed E-state index contributed by atoms with van der Waals surface area (Å²) >= 11 is 0. The maximum atomic E-state index is 12.0. The van der Waals surface area contributed by atoms with Crippen LogP contribution in [0.4, 0.5) is 16.2 Å². The molecule has 2 N–H and O–H groups in total. The van der Waals surface area contributed by atoms with Crippen molar-refractivity contribution in [1.29, 1.82) is 0 Å². The third-order valence-electron chi connectivity index (χ3n) is 3.71. The first-order chi connectivity index (χ1) is 9.02. The number of urea groups is 1. The molecule has 0 radical (unpaired) electrons. The van der Waals surface area contributed by atoms with E-state index in [9.17, 15) is 4.79 Å². The number of carbonyl (C=O) groups is 1. The number of aliphatic hydroxyl groups excluding tert-OH is 1. The van der Waals surface area contributed by atoms with Crippen LogP contribution in [0.2, 0.25) is 0 Å². The monoisotopic (exact) mass is 263 g/mol. The number of carbonyl (C=O) groups excluding carboxylic acids is 1. The number of benzene rings is 1. The van der Waals surface area contributed by atoms with Crippen LogP contribution in [0, 0.1) is 0 Å². The molecule has 0 bridgehead atoms. The Hall–Kier alpha value is -1.75. The third-order valence-corrected chi connectivity index (χ3v) is 3.71. The van der Waals surface area contributed by atoms with Crippen molar-refractivity contribution in [3.63, 3.8) is 0 Å². The topological polar surface area (TPSA) is 55.8 Å². The Morgan fingerprint density at radius 3 is 3.00 bits per heavy atom. The van der Waals surface area contributed by atoms with Gasteiger partial charge in [-0.15, -0.1) is 0 Å². The fourth-order valence-corrected chi connectivity index (χ4v) is 2.15. The summed E-state index contributed by atoms with van der Waals surface area (Å²) in [6.45, 7) is 2.78. The van der Waals surface area contributed by atoms with Gasteiger partial charge < -0.3 is 20.2 Å². The van der Waals surface area contributed by atoms with Crippen molar-refractivity contribution in [2.24, 2.45) is 0 Å². The van der Waals surface area contributed by atoms with Crippen LogP contribution >= 0.6 is 0 Å². The molecular weight excluding hydrogens is 242 g/mol. The summed E-state index contributed by atoms with van der Waals surface area (Å²) in [7, 11) is 3.73. The van der Waals surface area contributed by atoms with Crippen LogP contribution in [0.1, 0.15) is 12.5 Å². The van der Waals surface area contributed by atoms with Gasteiger partial charge in [-0.1, -0.05) is 6.07 Å². The van der Waals surface area contributed by atoms with E-state index in [0.29, 0.717) is 0 Å². The van der Waals surface area contributed by atoms with Gasteiger partial charge in [0.05, 0.1) is 12.6 Å². The number of fused-ring (bicyclic) bond motifs is 1. The number of hydrogen-bond acceptors (Lipinski definition) is 3. The molecule has 19 heavy (non-hydrogen) atoms. The zero-order valence-electron chi connectivity index (χ0n) is 11.7. The second kappa shape index (κ2) is 5.48. The Kier molecular flexibility index (Phi) is 3.95. The van der Waals surface area contributed by atoms with E-state index in [1.165, 1.54) is 16.2 Å². The van der Waals surface area contributed by atoms with Gasteiger partial charge in [-0.05, 0) is 31.0 Å². The lowest BCUT2D eigenvalue weighted by Gasteiger charge is -2.23. The Bertz CT molecular complexity index is 476. The first kappa shape index (κ1) is 13.7. The summed E-state index contributed by atoms with van der Waals surface area (Å²) in [5.41, 5.74) is 3.28. The van der Waals surface area contributed by atoms with E-state index in [1.807, 2.05) is 12.1 Å². The predicted octanol–water partition coefficient (Wildman–Crippen LogP) is 1.52. The number of hydrogen-bond donors (Lipinski definition) is 2. The van der Waals surface area contributed by atoms with Crippen molar-refractivity contribution in [3.05, 3.63) is 23.8 Å². The molecule has 1 heterocycles. The average Bonchev–Trinajstić information content (AvgIpc) is 2.78. The molecule has 1 unspecified atom stereocenters. The minimum absolute atomic E-state index is 0.0448. The molecular formula is C14H21N3O2. The molecule has 104 valence electrons. The molecule has 2 amide bonds. The lowest BCUT2D eigenvalue weighted by molar-refractivity contribution is 0.166. The Balaban J connectivity index is 2.08. The summed E-state index contributed by atoms with van der Waals surface area (Å²) < 4.78 is 0. The van der Waals surface area contributed by atoms with Crippen molar-refractivity contribution in [2.45, 2.75) is 19.4 Å². The first-order valence-electron chi connectivity index (χ1n) is 6.51. The molecule has 1 aliphatic rings. The number of rotatable bonds is 3. The molecule has 5 nitrogen and oxygen atoms in total. The highest BCUT2D eigenvalue weighted by atomic mass is 16.3. The minimum atomic E-state index is -0.206. The van der Waals surface area contributed by atoms with Crippen molar-refractivity contribution in [2.75, 3.05) is 37.5 Å². The van der Waals surface area contributed by atoms with Gasteiger partial charge in [0.2, 0.25) is 0 Å².